The summed E-state index contributed by atoms with van der Waals surface area (Å²) in [6.45, 7) is 28.1. The molecule has 0 amide bonds. The van der Waals surface area contributed by atoms with Crippen molar-refractivity contribution in [1.82, 2.24) is 0 Å². The maximum absolute atomic E-state index is 9.44. The molecule has 0 aromatic heterocycles. The Kier molecular flexibility index (Phi) is 19.6. The molecule has 144 valence electrons. The summed E-state index contributed by atoms with van der Waals surface area (Å²) in [6.07, 6.45) is -0.167. The smallest absolute Gasteiger partial charge is 0.311 e. The van der Waals surface area contributed by atoms with Gasteiger partial charge in [0, 0.05) is 6.10 Å². The Morgan fingerprint density at radius 1 is 0.783 bits per heavy atom. The van der Waals surface area contributed by atoms with Crippen LogP contribution in [0.3, 0.4) is 0 Å². The van der Waals surface area contributed by atoms with E-state index in [1.165, 1.54) is 13.8 Å². The summed E-state index contributed by atoms with van der Waals surface area (Å²) < 4.78 is 12.2. The molecule has 4 nitrogen and oxygen atoms in total. The molecule has 0 rings (SSSR count). The molecule has 0 radical (unpaired) electrons. The van der Waals surface area contributed by atoms with Gasteiger partial charge in [0.1, 0.15) is 5.78 Å². The van der Waals surface area contributed by atoms with E-state index < -0.39 is 25.2 Å². The molecule has 0 atom stereocenters. The van der Waals surface area contributed by atoms with Gasteiger partial charge in [0.05, 0.1) is 0 Å². The zero-order chi connectivity index (χ0) is 20.1. The summed E-state index contributed by atoms with van der Waals surface area (Å²) in [6, 6.07) is 0. The topological polar surface area (TPSA) is 55.8 Å². The zero-order valence-electron chi connectivity index (χ0n) is 18.2. The first-order chi connectivity index (χ1) is 9.88. The molecule has 0 aliphatic heterocycles. The lowest BCUT2D eigenvalue weighted by Crippen LogP contribution is -2.50. The van der Waals surface area contributed by atoms with Crippen LogP contribution in [0.1, 0.15) is 41.5 Å². The largest absolute Gasteiger partial charge is 0.437 e. The van der Waals surface area contributed by atoms with Crippen LogP contribution in [-0.4, -0.2) is 42.2 Å². The first-order valence-corrected chi connectivity index (χ1v) is 18.1. The normalized spacial score (nSPS) is 11.3. The molecule has 0 aromatic rings. The first-order valence-electron chi connectivity index (χ1n) is 8.43. The van der Waals surface area contributed by atoms with Crippen molar-refractivity contribution in [1.29, 1.82) is 0 Å². The molecule has 0 saturated carbocycles. The second-order valence-electron chi connectivity index (χ2n) is 7.83. The average Bonchev–Trinajstić information content (AvgIpc) is 2.09. The number of hydrogen-bond donors (Lipinski definition) is 1. The Morgan fingerprint density at radius 2 is 0.913 bits per heavy atom. The molecule has 23 heavy (non-hydrogen) atoms. The SMILES string of the molecule is CC.CC(C)=O.CC(C)O.C[Si](C)(C)O[Si](C)(C)O[Si](C)(C)C. The van der Waals surface area contributed by atoms with Crippen molar-refractivity contribution >= 4 is 31.0 Å². The van der Waals surface area contributed by atoms with Crippen molar-refractivity contribution in [2.24, 2.45) is 0 Å². The van der Waals surface area contributed by atoms with Crippen molar-refractivity contribution in [3.8, 4) is 0 Å². The van der Waals surface area contributed by atoms with Gasteiger partial charge in [-0.1, -0.05) is 13.8 Å². The van der Waals surface area contributed by atoms with E-state index in [9.17, 15) is 4.79 Å². The van der Waals surface area contributed by atoms with E-state index >= 15 is 0 Å². The maximum Gasteiger partial charge on any atom is 0.311 e. The summed E-state index contributed by atoms with van der Waals surface area (Å²) in [5.74, 6) is 0.167. The minimum Gasteiger partial charge on any atom is -0.437 e. The van der Waals surface area contributed by atoms with Crippen molar-refractivity contribution in [2.45, 2.75) is 100 Å². The van der Waals surface area contributed by atoms with Crippen LogP contribution in [0.15, 0.2) is 0 Å². The van der Waals surface area contributed by atoms with E-state index in [4.69, 9.17) is 13.3 Å². The Morgan fingerprint density at radius 3 is 1.00 bits per heavy atom. The van der Waals surface area contributed by atoms with Crippen LogP contribution in [0.25, 0.3) is 0 Å². The molecule has 0 aliphatic carbocycles. The molecular weight excluding hydrogens is 340 g/mol. The molecule has 0 saturated heterocycles. The van der Waals surface area contributed by atoms with E-state index in [0.717, 1.165) is 0 Å². The van der Waals surface area contributed by atoms with E-state index in [-0.39, 0.29) is 11.9 Å². The summed E-state index contributed by atoms with van der Waals surface area (Å²) in [4.78, 5) is 9.44. The number of hydrogen-bond acceptors (Lipinski definition) is 4. The van der Waals surface area contributed by atoms with E-state index in [0.29, 0.717) is 0 Å². The highest BCUT2D eigenvalue weighted by Crippen LogP contribution is 2.19. The van der Waals surface area contributed by atoms with Crippen LogP contribution in [0, 0.1) is 0 Å². The summed E-state index contributed by atoms with van der Waals surface area (Å²) in [5.41, 5.74) is 0. The quantitative estimate of drug-likeness (QED) is 0.659. The zero-order valence-corrected chi connectivity index (χ0v) is 21.2. The fourth-order valence-corrected chi connectivity index (χ4v) is 13.8. The van der Waals surface area contributed by atoms with Crippen molar-refractivity contribution in [3.63, 3.8) is 0 Å². The predicted molar refractivity (Wildman–Crippen MR) is 111 cm³/mol. The predicted octanol–water partition coefficient (Wildman–Crippen LogP) is 5.40. The lowest BCUT2D eigenvalue weighted by molar-refractivity contribution is -0.115. The van der Waals surface area contributed by atoms with E-state index in [1.54, 1.807) is 13.8 Å². The number of aliphatic hydroxyl groups is 1. The molecule has 0 unspecified atom stereocenters. The highest BCUT2D eigenvalue weighted by atomic mass is 28.5. The Balaban J connectivity index is -0.000000149. The number of carbonyl (C=O) groups excluding carboxylic acids is 1. The molecule has 0 bridgehead atoms. The lowest BCUT2D eigenvalue weighted by atomic mass is 10.5. The first kappa shape index (κ1) is 31.0. The second kappa shape index (κ2) is 14.5. The van der Waals surface area contributed by atoms with Gasteiger partial charge in [-0.2, -0.15) is 0 Å². The number of aliphatic hydroxyl groups excluding tert-OH is 1. The fraction of sp³-hybridized carbons (Fsp3) is 0.938. The molecule has 0 aliphatic rings. The molecule has 0 aromatic carbocycles. The number of Topliss-reactive ketones (excluding diaryl/α,β-unsaturated/α-hetero) is 1. The van der Waals surface area contributed by atoms with Crippen LogP contribution in [0.4, 0.5) is 0 Å². The van der Waals surface area contributed by atoms with Gasteiger partial charge in [-0.3, -0.25) is 0 Å². The van der Waals surface area contributed by atoms with Crippen LogP contribution in [-0.2, 0) is 13.0 Å². The molecular formula is C16H44O4Si3. The van der Waals surface area contributed by atoms with Gasteiger partial charge in [-0.05, 0) is 80.1 Å². The number of carbonyl (C=O) groups is 1. The molecule has 0 heterocycles. The Hall–Kier alpha value is 0.201. The van der Waals surface area contributed by atoms with E-state index in [1.807, 2.05) is 13.8 Å². The van der Waals surface area contributed by atoms with Crippen LogP contribution < -0.4 is 0 Å². The Bertz CT molecular complexity index is 255. The average molecular weight is 385 g/mol. The third-order valence-electron chi connectivity index (χ3n) is 1.10. The van der Waals surface area contributed by atoms with Crippen molar-refractivity contribution in [2.75, 3.05) is 0 Å². The van der Waals surface area contributed by atoms with E-state index in [2.05, 4.69) is 52.4 Å². The van der Waals surface area contributed by atoms with Crippen molar-refractivity contribution < 1.29 is 18.1 Å². The highest BCUT2D eigenvalue weighted by molar-refractivity contribution is 6.87. The summed E-state index contributed by atoms with van der Waals surface area (Å²) in [7, 11) is -4.72. The summed E-state index contributed by atoms with van der Waals surface area (Å²) >= 11 is 0. The monoisotopic (exact) mass is 384 g/mol. The van der Waals surface area contributed by atoms with Gasteiger partial charge >= 0.3 is 8.56 Å². The minimum absolute atomic E-state index is 0.167. The second-order valence-corrected chi connectivity index (χ2v) is 20.7. The minimum atomic E-state index is -1.85. The molecule has 0 fully saturated rings. The molecule has 0 spiro atoms. The van der Waals surface area contributed by atoms with Gasteiger partial charge < -0.3 is 18.1 Å². The van der Waals surface area contributed by atoms with Gasteiger partial charge in [0.25, 0.3) is 0 Å². The number of rotatable bonds is 4. The van der Waals surface area contributed by atoms with Crippen LogP contribution in [0.2, 0.25) is 52.4 Å². The standard InChI is InChI=1S/C8H24O2Si3.C3H8O.C3H6O.C2H6/c1-11(2,3)9-13(7,8)10-12(4,5)6;2*1-3(2)4;1-2/h1-8H3;3-4H,1-2H3;1-2H3;1-2H3. The van der Waals surface area contributed by atoms with Crippen molar-refractivity contribution in [3.05, 3.63) is 0 Å². The summed E-state index contributed by atoms with van der Waals surface area (Å²) in [5, 5.41) is 8.06. The van der Waals surface area contributed by atoms with Crippen LogP contribution >= 0.6 is 0 Å². The molecule has 7 heteroatoms. The lowest BCUT2D eigenvalue weighted by Gasteiger charge is -2.35. The third kappa shape index (κ3) is 60.9. The third-order valence-corrected chi connectivity index (χ3v) is 9.94. The fourth-order valence-electron chi connectivity index (χ4n) is 1.50. The maximum atomic E-state index is 9.44. The highest BCUT2D eigenvalue weighted by Gasteiger charge is 2.35. The Labute approximate surface area is 149 Å². The van der Waals surface area contributed by atoms with Gasteiger partial charge in [-0.25, -0.2) is 0 Å². The van der Waals surface area contributed by atoms with Gasteiger partial charge in [0.2, 0.25) is 0 Å². The molecule has 1 N–H and O–H groups in total. The number of ketones is 1. The van der Waals surface area contributed by atoms with Gasteiger partial charge in [-0.15, -0.1) is 0 Å². The van der Waals surface area contributed by atoms with Crippen LogP contribution in [0.5, 0.6) is 0 Å². The van der Waals surface area contributed by atoms with Gasteiger partial charge in [0.15, 0.2) is 16.6 Å².